The molecule has 1 heterocycles. The van der Waals surface area contributed by atoms with Gasteiger partial charge in [0.15, 0.2) is 0 Å². The monoisotopic (exact) mass is 384 g/mol. The lowest BCUT2D eigenvalue weighted by molar-refractivity contribution is -0.144. The van der Waals surface area contributed by atoms with Gasteiger partial charge in [-0.3, -0.25) is 14.4 Å². The minimum atomic E-state index is -1.11. The van der Waals surface area contributed by atoms with Gasteiger partial charge in [-0.15, -0.1) is 0 Å². The van der Waals surface area contributed by atoms with E-state index in [1.54, 1.807) is 20.8 Å². The van der Waals surface area contributed by atoms with E-state index in [4.69, 9.17) is 5.73 Å². The Labute approximate surface area is 160 Å². The van der Waals surface area contributed by atoms with Crippen LogP contribution in [0.4, 0.5) is 0 Å². The molecule has 1 saturated heterocycles. The number of carbonyl (C=O) groups is 4. The van der Waals surface area contributed by atoms with Crippen LogP contribution in [0.1, 0.15) is 47.0 Å². The first kappa shape index (κ1) is 22.9. The summed E-state index contributed by atoms with van der Waals surface area (Å²) >= 11 is 0. The molecule has 0 bridgehead atoms. The standard InChI is InChI=1S/C18H32N4O5/c1-5-11(4)15(18(26)27)21-17(25)14(10(2)3)20-16(24)12-7-6-8-22(12)13(23)9-19/h10-12,14-15H,5-9,19H2,1-4H3,(H,20,24)(H,21,25)(H,26,27). The fourth-order valence-corrected chi connectivity index (χ4v) is 3.17. The lowest BCUT2D eigenvalue weighted by Crippen LogP contribution is -2.58. The van der Waals surface area contributed by atoms with Gasteiger partial charge in [-0.05, 0) is 24.7 Å². The quantitative estimate of drug-likeness (QED) is 0.430. The van der Waals surface area contributed by atoms with Crippen molar-refractivity contribution < 1.29 is 24.3 Å². The van der Waals surface area contributed by atoms with Gasteiger partial charge in [-0.25, -0.2) is 4.79 Å². The molecule has 0 saturated carbocycles. The molecule has 1 aliphatic heterocycles. The third kappa shape index (κ3) is 5.92. The molecule has 27 heavy (non-hydrogen) atoms. The zero-order valence-corrected chi connectivity index (χ0v) is 16.5. The number of amides is 3. The van der Waals surface area contributed by atoms with E-state index in [2.05, 4.69) is 10.6 Å². The highest BCUT2D eigenvalue weighted by Gasteiger charge is 2.37. The largest absolute Gasteiger partial charge is 0.480 e. The SMILES string of the molecule is CCC(C)C(NC(=O)C(NC(=O)C1CCCN1C(=O)CN)C(C)C)C(=O)O. The van der Waals surface area contributed by atoms with Crippen molar-refractivity contribution in [2.45, 2.75) is 65.1 Å². The molecule has 4 atom stereocenters. The van der Waals surface area contributed by atoms with E-state index in [1.165, 1.54) is 4.90 Å². The van der Waals surface area contributed by atoms with E-state index < -0.39 is 35.9 Å². The molecule has 0 spiro atoms. The molecular weight excluding hydrogens is 352 g/mol. The first-order valence-electron chi connectivity index (χ1n) is 9.47. The molecule has 0 aromatic rings. The predicted molar refractivity (Wildman–Crippen MR) is 99.6 cm³/mol. The highest BCUT2D eigenvalue weighted by molar-refractivity contribution is 5.94. The predicted octanol–water partition coefficient (Wildman–Crippen LogP) is -0.308. The van der Waals surface area contributed by atoms with Crippen molar-refractivity contribution in [1.29, 1.82) is 0 Å². The van der Waals surface area contributed by atoms with Gasteiger partial charge in [0.05, 0.1) is 6.54 Å². The van der Waals surface area contributed by atoms with E-state index in [-0.39, 0.29) is 24.3 Å². The number of carboxylic acid groups (broad SMARTS) is 1. The van der Waals surface area contributed by atoms with Crippen LogP contribution < -0.4 is 16.4 Å². The number of rotatable bonds is 9. The number of nitrogens with two attached hydrogens (primary N) is 1. The second kappa shape index (κ2) is 10.2. The minimum Gasteiger partial charge on any atom is -0.480 e. The van der Waals surface area contributed by atoms with Gasteiger partial charge in [0.1, 0.15) is 18.1 Å². The van der Waals surface area contributed by atoms with Crippen molar-refractivity contribution in [3.05, 3.63) is 0 Å². The minimum absolute atomic E-state index is 0.174. The van der Waals surface area contributed by atoms with Gasteiger partial charge < -0.3 is 26.4 Å². The summed E-state index contributed by atoms with van der Waals surface area (Å²) in [4.78, 5) is 50.1. The van der Waals surface area contributed by atoms with Crippen molar-refractivity contribution in [3.63, 3.8) is 0 Å². The third-order valence-electron chi connectivity index (χ3n) is 5.07. The first-order chi connectivity index (χ1) is 12.6. The van der Waals surface area contributed by atoms with Crippen LogP contribution in [0.3, 0.4) is 0 Å². The summed E-state index contributed by atoms with van der Waals surface area (Å²) in [5, 5.41) is 14.6. The molecule has 3 amide bonds. The zero-order valence-electron chi connectivity index (χ0n) is 16.5. The number of carboxylic acids is 1. The van der Waals surface area contributed by atoms with E-state index in [0.717, 1.165) is 0 Å². The fourth-order valence-electron chi connectivity index (χ4n) is 3.17. The van der Waals surface area contributed by atoms with Crippen LogP contribution in [-0.2, 0) is 19.2 Å². The second-order valence-electron chi connectivity index (χ2n) is 7.39. The van der Waals surface area contributed by atoms with Crippen LogP contribution in [0.25, 0.3) is 0 Å². The Bertz CT molecular complexity index is 566. The van der Waals surface area contributed by atoms with E-state index in [1.807, 2.05) is 6.92 Å². The smallest absolute Gasteiger partial charge is 0.326 e. The number of likely N-dealkylation sites (tertiary alicyclic amines) is 1. The van der Waals surface area contributed by atoms with Crippen LogP contribution in [0.2, 0.25) is 0 Å². The maximum atomic E-state index is 12.7. The third-order valence-corrected chi connectivity index (χ3v) is 5.07. The van der Waals surface area contributed by atoms with Gasteiger partial charge in [-0.1, -0.05) is 34.1 Å². The molecule has 1 rings (SSSR count). The maximum absolute atomic E-state index is 12.7. The second-order valence-corrected chi connectivity index (χ2v) is 7.39. The molecule has 0 aromatic carbocycles. The van der Waals surface area contributed by atoms with Crippen LogP contribution >= 0.6 is 0 Å². The van der Waals surface area contributed by atoms with Crippen molar-refractivity contribution in [2.24, 2.45) is 17.6 Å². The van der Waals surface area contributed by atoms with Crippen molar-refractivity contribution in [3.8, 4) is 0 Å². The number of hydrogen-bond donors (Lipinski definition) is 4. The number of nitrogens with one attached hydrogen (secondary N) is 2. The first-order valence-corrected chi connectivity index (χ1v) is 9.47. The summed E-state index contributed by atoms with van der Waals surface area (Å²) in [6, 6.07) is -2.57. The van der Waals surface area contributed by atoms with Crippen molar-refractivity contribution >= 4 is 23.7 Å². The Morgan fingerprint density at radius 1 is 1.15 bits per heavy atom. The molecule has 9 heteroatoms. The average molecular weight is 384 g/mol. The van der Waals surface area contributed by atoms with Crippen molar-refractivity contribution in [2.75, 3.05) is 13.1 Å². The summed E-state index contributed by atoms with van der Waals surface area (Å²) in [7, 11) is 0. The molecule has 5 N–H and O–H groups in total. The number of hydrogen-bond acceptors (Lipinski definition) is 5. The number of carbonyl (C=O) groups excluding carboxylic acids is 3. The van der Waals surface area contributed by atoms with Gasteiger partial charge in [0, 0.05) is 6.54 Å². The van der Waals surface area contributed by atoms with Crippen LogP contribution in [0.5, 0.6) is 0 Å². The maximum Gasteiger partial charge on any atom is 0.326 e. The summed E-state index contributed by atoms with van der Waals surface area (Å²) in [5.74, 6) is -2.87. The molecule has 0 aliphatic carbocycles. The Morgan fingerprint density at radius 2 is 1.78 bits per heavy atom. The summed E-state index contributed by atoms with van der Waals surface area (Å²) in [6.07, 6.45) is 1.79. The van der Waals surface area contributed by atoms with Crippen molar-refractivity contribution in [1.82, 2.24) is 15.5 Å². The Hall–Kier alpha value is -2.16. The highest BCUT2D eigenvalue weighted by Crippen LogP contribution is 2.18. The van der Waals surface area contributed by atoms with Gasteiger partial charge in [-0.2, -0.15) is 0 Å². The Morgan fingerprint density at radius 3 is 2.26 bits per heavy atom. The molecule has 1 aliphatic rings. The topological polar surface area (TPSA) is 142 Å². The molecule has 4 unspecified atom stereocenters. The summed E-state index contributed by atoms with van der Waals surface area (Å²) in [6.45, 7) is 7.41. The van der Waals surface area contributed by atoms with Crippen LogP contribution in [0, 0.1) is 11.8 Å². The lowest BCUT2D eigenvalue weighted by Gasteiger charge is -2.29. The van der Waals surface area contributed by atoms with E-state index >= 15 is 0 Å². The molecule has 0 radical (unpaired) electrons. The molecule has 0 aromatic heterocycles. The van der Waals surface area contributed by atoms with E-state index in [9.17, 15) is 24.3 Å². The molecule has 154 valence electrons. The van der Waals surface area contributed by atoms with E-state index in [0.29, 0.717) is 25.8 Å². The Balaban J connectivity index is 2.86. The molecular formula is C18H32N4O5. The summed E-state index contributed by atoms with van der Waals surface area (Å²) in [5.41, 5.74) is 5.39. The molecule has 1 fully saturated rings. The normalized spacial score (nSPS) is 20.1. The number of nitrogens with zero attached hydrogens (tertiary/aromatic N) is 1. The average Bonchev–Trinajstić information content (AvgIpc) is 3.11. The zero-order chi connectivity index (χ0) is 20.7. The number of aliphatic carboxylic acids is 1. The van der Waals surface area contributed by atoms with Gasteiger partial charge >= 0.3 is 5.97 Å². The lowest BCUT2D eigenvalue weighted by atomic mass is 9.97. The van der Waals surface area contributed by atoms with Crippen LogP contribution in [-0.4, -0.2) is 64.9 Å². The molecule has 9 nitrogen and oxygen atoms in total. The fraction of sp³-hybridized carbons (Fsp3) is 0.778. The Kier molecular flexibility index (Phi) is 8.68. The van der Waals surface area contributed by atoms with Gasteiger partial charge in [0.2, 0.25) is 17.7 Å². The highest BCUT2D eigenvalue weighted by atomic mass is 16.4. The summed E-state index contributed by atoms with van der Waals surface area (Å²) < 4.78 is 0. The van der Waals surface area contributed by atoms with Gasteiger partial charge in [0.25, 0.3) is 0 Å². The van der Waals surface area contributed by atoms with Crippen LogP contribution in [0.15, 0.2) is 0 Å².